The van der Waals surface area contributed by atoms with Gasteiger partial charge in [0.15, 0.2) is 0 Å². The second kappa shape index (κ2) is 17.5. The van der Waals surface area contributed by atoms with Gasteiger partial charge in [-0.3, -0.25) is 10.2 Å². The summed E-state index contributed by atoms with van der Waals surface area (Å²) in [4.78, 5) is 11.4. The van der Waals surface area contributed by atoms with Crippen LogP contribution in [0.1, 0.15) is 96.8 Å². The van der Waals surface area contributed by atoms with E-state index in [9.17, 15) is 4.79 Å². The summed E-state index contributed by atoms with van der Waals surface area (Å²) < 4.78 is 0. The van der Waals surface area contributed by atoms with Crippen molar-refractivity contribution in [2.75, 3.05) is 14.1 Å². The molecule has 0 aliphatic carbocycles. The van der Waals surface area contributed by atoms with Gasteiger partial charge in [-0.2, -0.15) is 0 Å². The van der Waals surface area contributed by atoms with Crippen LogP contribution in [0.3, 0.4) is 0 Å². The molecule has 1 N–H and O–H groups in total. The Hall–Kier alpha value is -0.830. The van der Waals surface area contributed by atoms with Crippen LogP contribution >= 0.6 is 0 Å². The quantitative estimate of drug-likeness (QED) is 0.227. The second-order valence-corrected chi connectivity index (χ2v) is 6.76. The third kappa shape index (κ3) is 19.1. The summed E-state index contributed by atoms with van der Waals surface area (Å²) in [6.07, 6.45) is 22.2. The highest BCUT2D eigenvalue weighted by Crippen LogP contribution is 2.09. The van der Waals surface area contributed by atoms with Crippen molar-refractivity contribution in [3.63, 3.8) is 0 Å². The predicted octanol–water partition coefficient (Wildman–Crippen LogP) is 5.62. The molecule has 0 bridgehead atoms. The number of carbonyl (C=O) groups excluding carboxylic acids is 1. The third-order valence-electron chi connectivity index (χ3n) is 4.01. The third-order valence-corrected chi connectivity index (χ3v) is 4.01. The van der Waals surface area contributed by atoms with Crippen molar-refractivity contribution >= 4 is 5.91 Å². The minimum absolute atomic E-state index is 0.132. The highest BCUT2D eigenvalue weighted by molar-refractivity contribution is 5.75. The summed E-state index contributed by atoms with van der Waals surface area (Å²) >= 11 is 0. The molecule has 0 radical (unpaired) electrons. The number of amides is 1. The minimum atomic E-state index is 0.132. The van der Waals surface area contributed by atoms with E-state index in [0.717, 1.165) is 6.42 Å². The lowest BCUT2D eigenvalue weighted by Crippen LogP contribution is -2.35. The Morgan fingerprint density at radius 2 is 1.26 bits per heavy atom. The molecule has 0 aromatic heterocycles. The molecule has 0 aromatic carbocycles. The van der Waals surface area contributed by atoms with E-state index in [-0.39, 0.29) is 5.91 Å². The Bertz CT molecular complexity index is 287. The maximum atomic E-state index is 11.4. The van der Waals surface area contributed by atoms with Gasteiger partial charge in [-0.1, -0.05) is 70.4 Å². The lowest BCUT2D eigenvalue weighted by atomic mass is 10.1. The summed E-state index contributed by atoms with van der Waals surface area (Å²) in [5, 5.41) is 1.71. The molecular weight excluding hydrogens is 284 g/mol. The summed E-state index contributed by atoms with van der Waals surface area (Å²) in [5.41, 5.74) is 2.78. The lowest BCUT2D eigenvalue weighted by molar-refractivity contribution is -0.124. The monoisotopic (exact) mass is 324 g/mol. The van der Waals surface area contributed by atoms with E-state index in [0.29, 0.717) is 6.42 Å². The second-order valence-electron chi connectivity index (χ2n) is 6.76. The van der Waals surface area contributed by atoms with E-state index in [1.807, 2.05) is 14.1 Å². The van der Waals surface area contributed by atoms with Gasteiger partial charge in [0.25, 0.3) is 0 Å². The normalized spacial score (nSPS) is 11.5. The molecule has 136 valence electrons. The molecule has 0 saturated carbocycles. The molecule has 1 amide bonds. The van der Waals surface area contributed by atoms with Crippen LogP contribution in [0.15, 0.2) is 12.2 Å². The molecular formula is C20H40N2O. The average Bonchev–Trinajstić information content (AvgIpc) is 2.50. The maximum absolute atomic E-state index is 11.4. The molecule has 23 heavy (non-hydrogen) atoms. The molecule has 0 spiro atoms. The number of rotatable bonds is 16. The molecule has 0 aliphatic heterocycles. The Morgan fingerprint density at radius 3 is 1.78 bits per heavy atom. The van der Waals surface area contributed by atoms with Crippen molar-refractivity contribution in [3.05, 3.63) is 12.2 Å². The Kier molecular flexibility index (Phi) is 16.9. The van der Waals surface area contributed by atoms with E-state index in [1.54, 1.807) is 5.01 Å². The highest BCUT2D eigenvalue weighted by Gasteiger charge is 2.00. The smallest absolute Gasteiger partial charge is 0.234 e. The van der Waals surface area contributed by atoms with Gasteiger partial charge in [0.2, 0.25) is 5.91 Å². The first-order valence-corrected chi connectivity index (χ1v) is 9.78. The molecule has 0 aliphatic rings. The molecule has 0 rings (SSSR count). The molecule has 3 nitrogen and oxygen atoms in total. The van der Waals surface area contributed by atoms with Crippen LogP contribution in [0.25, 0.3) is 0 Å². The SMILES string of the molecule is CCCCCCCC/C=C/CCCCCCCC(=O)NN(C)C. The summed E-state index contributed by atoms with van der Waals surface area (Å²) in [7, 11) is 3.69. The van der Waals surface area contributed by atoms with E-state index in [1.165, 1.54) is 77.0 Å². The topological polar surface area (TPSA) is 32.3 Å². The van der Waals surface area contributed by atoms with Crippen molar-refractivity contribution < 1.29 is 4.79 Å². The first-order chi connectivity index (χ1) is 11.2. The average molecular weight is 325 g/mol. The van der Waals surface area contributed by atoms with Crippen LogP contribution < -0.4 is 5.43 Å². The van der Waals surface area contributed by atoms with Gasteiger partial charge in [-0.05, 0) is 32.1 Å². The number of hydrazine groups is 1. The summed E-state index contributed by atoms with van der Waals surface area (Å²) in [6.45, 7) is 2.27. The molecule has 0 heterocycles. The van der Waals surface area contributed by atoms with Crippen LogP contribution in [0, 0.1) is 0 Å². The fraction of sp³-hybridized carbons (Fsp3) is 0.850. The largest absolute Gasteiger partial charge is 0.289 e. The van der Waals surface area contributed by atoms with Crippen molar-refractivity contribution in [2.45, 2.75) is 96.8 Å². The van der Waals surface area contributed by atoms with Crippen molar-refractivity contribution in [1.82, 2.24) is 10.4 Å². The number of unbranched alkanes of at least 4 members (excludes halogenated alkanes) is 11. The lowest BCUT2D eigenvalue weighted by Gasteiger charge is -2.11. The van der Waals surface area contributed by atoms with Crippen LogP contribution in [-0.4, -0.2) is 25.0 Å². The highest BCUT2D eigenvalue weighted by atomic mass is 16.2. The van der Waals surface area contributed by atoms with Gasteiger partial charge >= 0.3 is 0 Å². The number of carbonyl (C=O) groups is 1. The van der Waals surface area contributed by atoms with Gasteiger partial charge < -0.3 is 0 Å². The van der Waals surface area contributed by atoms with Crippen LogP contribution in [0.4, 0.5) is 0 Å². The molecule has 0 atom stereocenters. The van der Waals surface area contributed by atoms with Crippen LogP contribution in [0.5, 0.6) is 0 Å². The van der Waals surface area contributed by atoms with Crippen LogP contribution in [0.2, 0.25) is 0 Å². The van der Waals surface area contributed by atoms with Gasteiger partial charge in [-0.15, -0.1) is 0 Å². The van der Waals surface area contributed by atoms with E-state index < -0.39 is 0 Å². The Labute approximate surface area is 144 Å². The molecule has 0 fully saturated rings. The summed E-state index contributed by atoms with van der Waals surface area (Å²) in [5.74, 6) is 0.132. The molecule has 0 aromatic rings. The zero-order valence-corrected chi connectivity index (χ0v) is 15.9. The van der Waals surface area contributed by atoms with E-state index >= 15 is 0 Å². The number of nitrogens with zero attached hydrogens (tertiary/aromatic N) is 1. The Morgan fingerprint density at radius 1 is 0.783 bits per heavy atom. The zero-order valence-electron chi connectivity index (χ0n) is 15.9. The maximum Gasteiger partial charge on any atom is 0.234 e. The number of allylic oxidation sites excluding steroid dienone is 2. The van der Waals surface area contributed by atoms with E-state index in [2.05, 4.69) is 24.5 Å². The standard InChI is InChI=1S/C20H40N2O/c1-4-5-6-7-8-9-10-11-12-13-14-15-16-17-18-19-20(23)21-22(2)3/h11-12H,4-10,13-19H2,1-3H3,(H,21,23)/b12-11+. The van der Waals surface area contributed by atoms with Gasteiger partial charge in [0, 0.05) is 20.5 Å². The van der Waals surface area contributed by atoms with E-state index in [4.69, 9.17) is 0 Å². The predicted molar refractivity (Wildman–Crippen MR) is 101 cm³/mol. The Balaban J connectivity index is 3.18. The van der Waals surface area contributed by atoms with Gasteiger partial charge in [0.1, 0.15) is 0 Å². The minimum Gasteiger partial charge on any atom is -0.289 e. The van der Waals surface area contributed by atoms with Gasteiger partial charge in [-0.25, -0.2) is 5.01 Å². The molecule has 0 unspecified atom stereocenters. The van der Waals surface area contributed by atoms with Crippen molar-refractivity contribution in [2.24, 2.45) is 0 Å². The first kappa shape index (κ1) is 22.2. The number of hydrogen-bond donors (Lipinski definition) is 1. The number of nitrogens with one attached hydrogen (secondary N) is 1. The molecule has 0 saturated heterocycles. The fourth-order valence-electron chi connectivity index (χ4n) is 2.66. The molecule has 3 heteroatoms. The van der Waals surface area contributed by atoms with Crippen LogP contribution in [-0.2, 0) is 4.79 Å². The zero-order chi connectivity index (χ0) is 17.2. The summed E-state index contributed by atoms with van der Waals surface area (Å²) in [6, 6.07) is 0. The van der Waals surface area contributed by atoms with Crippen molar-refractivity contribution in [1.29, 1.82) is 0 Å². The van der Waals surface area contributed by atoms with Crippen molar-refractivity contribution in [3.8, 4) is 0 Å². The number of hydrogen-bond acceptors (Lipinski definition) is 2. The van der Waals surface area contributed by atoms with Gasteiger partial charge in [0.05, 0.1) is 0 Å². The first-order valence-electron chi connectivity index (χ1n) is 9.78. The fourth-order valence-corrected chi connectivity index (χ4v) is 2.66.